The van der Waals surface area contributed by atoms with Crippen molar-refractivity contribution in [2.24, 2.45) is 0 Å². The summed E-state index contributed by atoms with van der Waals surface area (Å²) in [5.74, 6) is 0. The van der Waals surface area contributed by atoms with Crippen LogP contribution in [0, 0.1) is 0 Å². The van der Waals surface area contributed by atoms with E-state index in [1.807, 2.05) is 11.8 Å². The number of rotatable bonds is 1. The molecule has 0 amide bonds. The van der Waals surface area contributed by atoms with Crippen LogP contribution >= 0.6 is 11.8 Å². The van der Waals surface area contributed by atoms with Gasteiger partial charge in [0.15, 0.2) is 0 Å². The molecule has 5 aromatic carbocycles. The first-order chi connectivity index (χ1) is 15.4. The number of para-hydroxylation sites is 1. The molecule has 0 aromatic heterocycles. The molecule has 2 aliphatic rings. The number of anilines is 3. The number of benzene rings is 5. The zero-order valence-corrected chi connectivity index (χ0v) is 17.7. The molecule has 0 N–H and O–H groups in total. The van der Waals surface area contributed by atoms with E-state index in [4.69, 9.17) is 0 Å². The molecule has 0 atom stereocenters. The van der Waals surface area contributed by atoms with E-state index >= 15 is 0 Å². The second-order valence-corrected chi connectivity index (χ2v) is 9.24. The van der Waals surface area contributed by atoms with Gasteiger partial charge in [-0.3, -0.25) is 0 Å². The lowest BCUT2D eigenvalue weighted by Gasteiger charge is -2.35. The molecule has 146 valence electrons. The standard InChI is InChI=1S/C29H19NS/c1-2-8-21-17-23(16-15-19(21)7-1)30-25-13-3-4-14-27(25)31-29-24-12-6-10-20-9-5-11-22(28(20)24)18-26(29)30/h1-11,13-18H,12H2. The molecule has 0 bridgehead atoms. The third-order valence-corrected chi connectivity index (χ3v) is 7.62. The van der Waals surface area contributed by atoms with E-state index in [9.17, 15) is 0 Å². The second kappa shape index (κ2) is 6.50. The summed E-state index contributed by atoms with van der Waals surface area (Å²) in [6, 6.07) is 33.2. The van der Waals surface area contributed by atoms with Crippen LogP contribution in [0.5, 0.6) is 0 Å². The minimum atomic E-state index is 0.984. The second-order valence-electron chi connectivity index (χ2n) is 8.19. The van der Waals surface area contributed by atoms with Gasteiger partial charge < -0.3 is 4.90 Å². The first-order valence-corrected chi connectivity index (χ1v) is 11.5. The number of hydrogen-bond donors (Lipinski definition) is 0. The third-order valence-electron chi connectivity index (χ3n) is 6.40. The van der Waals surface area contributed by atoms with E-state index in [1.165, 1.54) is 59.5 Å². The van der Waals surface area contributed by atoms with E-state index in [0.29, 0.717) is 0 Å². The van der Waals surface area contributed by atoms with Crippen LogP contribution in [-0.2, 0) is 6.42 Å². The first-order valence-electron chi connectivity index (χ1n) is 10.7. The molecule has 0 saturated carbocycles. The third kappa shape index (κ3) is 2.52. The molecular weight excluding hydrogens is 394 g/mol. The van der Waals surface area contributed by atoms with Crippen molar-refractivity contribution in [3.8, 4) is 0 Å². The molecule has 5 aromatic rings. The highest BCUT2D eigenvalue weighted by Crippen LogP contribution is 2.55. The van der Waals surface area contributed by atoms with Crippen LogP contribution in [0.25, 0.3) is 27.6 Å². The molecule has 2 heteroatoms. The van der Waals surface area contributed by atoms with Gasteiger partial charge in [-0.2, -0.15) is 0 Å². The predicted molar refractivity (Wildman–Crippen MR) is 133 cm³/mol. The van der Waals surface area contributed by atoms with Crippen molar-refractivity contribution in [3.63, 3.8) is 0 Å². The van der Waals surface area contributed by atoms with Crippen LogP contribution in [0.4, 0.5) is 17.1 Å². The summed E-state index contributed by atoms with van der Waals surface area (Å²) >= 11 is 1.92. The van der Waals surface area contributed by atoms with Crippen molar-refractivity contribution in [2.75, 3.05) is 4.90 Å². The molecule has 31 heavy (non-hydrogen) atoms. The Morgan fingerprint density at radius 3 is 2.48 bits per heavy atom. The fourth-order valence-electron chi connectivity index (χ4n) is 5.02. The van der Waals surface area contributed by atoms with Crippen LogP contribution in [0.15, 0.2) is 107 Å². The van der Waals surface area contributed by atoms with Gasteiger partial charge in [-0.25, -0.2) is 0 Å². The fraction of sp³-hybridized carbons (Fsp3) is 0.0345. The zero-order valence-electron chi connectivity index (χ0n) is 16.9. The van der Waals surface area contributed by atoms with Gasteiger partial charge in [-0.1, -0.05) is 84.6 Å². The van der Waals surface area contributed by atoms with Crippen molar-refractivity contribution >= 4 is 56.4 Å². The molecule has 0 unspecified atom stereocenters. The topological polar surface area (TPSA) is 3.24 Å². The largest absolute Gasteiger partial charge is 0.308 e. The van der Waals surface area contributed by atoms with Gasteiger partial charge in [0.25, 0.3) is 0 Å². The van der Waals surface area contributed by atoms with Crippen LogP contribution in [0.2, 0.25) is 0 Å². The SMILES string of the molecule is C1=Cc2cccc3cc4c(c(c23)C1)Sc1ccccc1N4c1ccc2ccccc2c1. The van der Waals surface area contributed by atoms with Crippen molar-refractivity contribution in [1.29, 1.82) is 0 Å². The van der Waals surface area contributed by atoms with E-state index < -0.39 is 0 Å². The van der Waals surface area contributed by atoms with Gasteiger partial charge in [0.1, 0.15) is 0 Å². The monoisotopic (exact) mass is 413 g/mol. The summed E-state index contributed by atoms with van der Waals surface area (Å²) in [5, 5.41) is 5.27. The highest BCUT2D eigenvalue weighted by Gasteiger charge is 2.28. The van der Waals surface area contributed by atoms with Crippen LogP contribution in [0.1, 0.15) is 11.1 Å². The smallest absolute Gasteiger partial charge is 0.0610 e. The fourth-order valence-corrected chi connectivity index (χ4v) is 6.21. The molecule has 0 radical (unpaired) electrons. The summed E-state index contributed by atoms with van der Waals surface area (Å²) in [6.45, 7) is 0. The van der Waals surface area contributed by atoms with E-state index in [-0.39, 0.29) is 0 Å². The average molecular weight is 414 g/mol. The Kier molecular flexibility index (Phi) is 3.61. The quantitative estimate of drug-likeness (QED) is 0.266. The molecular formula is C29H19NS. The van der Waals surface area contributed by atoms with Crippen LogP contribution in [-0.4, -0.2) is 0 Å². The molecule has 0 saturated heterocycles. The van der Waals surface area contributed by atoms with Crippen molar-refractivity contribution in [1.82, 2.24) is 0 Å². The van der Waals surface area contributed by atoms with Gasteiger partial charge in [-0.15, -0.1) is 0 Å². The van der Waals surface area contributed by atoms with Gasteiger partial charge in [0.05, 0.1) is 11.4 Å². The average Bonchev–Trinajstić information content (AvgIpc) is 2.83. The lowest BCUT2D eigenvalue weighted by Crippen LogP contribution is -2.16. The maximum absolute atomic E-state index is 2.45. The Balaban J connectivity index is 1.55. The summed E-state index contributed by atoms with van der Waals surface area (Å²) in [7, 11) is 0. The van der Waals surface area contributed by atoms with Gasteiger partial charge in [0.2, 0.25) is 0 Å². The summed E-state index contributed by atoms with van der Waals surface area (Å²) in [6.07, 6.45) is 5.56. The van der Waals surface area contributed by atoms with E-state index in [2.05, 4.69) is 108 Å². The lowest BCUT2D eigenvalue weighted by atomic mass is 9.92. The maximum Gasteiger partial charge on any atom is 0.0610 e. The lowest BCUT2D eigenvalue weighted by molar-refractivity contribution is 1.12. The Labute approximate surface area is 185 Å². The van der Waals surface area contributed by atoms with E-state index in [1.54, 1.807) is 0 Å². The first kappa shape index (κ1) is 17.2. The van der Waals surface area contributed by atoms with Crippen molar-refractivity contribution in [3.05, 3.63) is 108 Å². The summed E-state index contributed by atoms with van der Waals surface area (Å²) in [5.41, 5.74) is 6.54. The summed E-state index contributed by atoms with van der Waals surface area (Å²) < 4.78 is 0. The molecule has 1 aliphatic carbocycles. The van der Waals surface area contributed by atoms with Gasteiger partial charge in [0, 0.05) is 15.5 Å². The Morgan fingerprint density at radius 1 is 0.677 bits per heavy atom. The summed E-state index contributed by atoms with van der Waals surface area (Å²) in [4.78, 5) is 5.15. The minimum absolute atomic E-state index is 0.984. The Bertz CT molecular complexity index is 1550. The minimum Gasteiger partial charge on any atom is -0.308 e. The number of fused-ring (bicyclic) bond motifs is 4. The number of hydrogen-bond acceptors (Lipinski definition) is 2. The van der Waals surface area contributed by atoms with Gasteiger partial charge in [-0.05, 0) is 69.4 Å². The maximum atomic E-state index is 2.45. The van der Waals surface area contributed by atoms with E-state index in [0.717, 1.165) is 6.42 Å². The molecule has 1 heterocycles. The van der Waals surface area contributed by atoms with Crippen LogP contribution in [0.3, 0.4) is 0 Å². The zero-order chi connectivity index (χ0) is 20.4. The Hall–Kier alpha value is -3.49. The molecule has 0 fully saturated rings. The van der Waals surface area contributed by atoms with Crippen molar-refractivity contribution in [2.45, 2.75) is 16.2 Å². The normalized spacial score (nSPS) is 14.0. The molecule has 0 spiro atoms. The van der Waals surface area contributed by atoms with Gasteiger partial charge >= 0.3 is 0 Å². The molecule has 1 nitrogen and oxygen atoms in total. The number of nitrogens with zero attached hydrogens (tertiary/aromatic N) is 1. The Morgan fingerprint density at radius 2 is 1.52 bits per heavy atom. The van der Waals surface area contributed by atoms with Crippen molar-refractivity contribution < 1.29 is 0 Å². The predicted octanol–water partition coefficient (Wildman–Crippen LogP) is 8.50. The molecule has 7 rings (SSSR count). The van der Waals surface area contributed by atoms with Crippen LogP contribution < -0.4 is 4.90 Å². The molecule has 1 aliphatic heterocycles. The highest BCUT2D eigenvalue weighted by atomic mass is 32.2. The highest BCUT2D eigenvalue weighted by molar-refractivity contribution is 7.99. The number of allylic oxidation sites excluding steroid dienone is 1.